The molecule has 1 aromatic carbocycles. The van der Waals surface area contributed by atoms with E-state index in [1.807, 2.05) is 39.0 Å². The summed E-state index contributed by atoms with van der Waals surface area (Å²) in [5.41, 5.74) is 7.05. The molecule has 6 nitrogen and oxygen atoms in total. The zero-order chi connectivity index (χ0) is 17.0. The van der Waals surface area contributed by atoms with E-state index in [0.717, 1.165) is 31.6 Å². The maximum Gasteiger partial charge on any atom is 0.407 e. The smallest absolute Gasteiger partial charge is 0.407 e. The highest BCUT2D eigenvalue weighted by Crippen LogP contribution is 2.29. The molecular formula is C17H27N3O3. The number of nitrogen functional groups attached to an aromatic ring is 1. The number of rotatable bonds is 3. The fourth-order valence-corrected chi connectivity index (χ4v) is 2.70. The van der Waals surface area contributed by atoms with Crippen LogP contribution in [0.15, 0.2) is 18.2 Å². The number of hydrogen-bond donors (Lipinski definition) is 2. The van der Waals surface area contributed by atoms with Crippen LogP contribution in [0.2, 0.25) is 0 Å². The molecule has 0 aliphatic carbocycles. The number of nitrogens with one attached hydrogen (secondary N) is 1. The SMILES string of the molecule is COc1cc(N2CCC[C@@H](NC(=O)OC(C)(C)C)C2)ccc1N. The van der Waals surface area contributed by atoms with E-state index in [1.54, 1.807) is 7.11 Å². The summed E-state index contributed by atoms with van der Waals surface area (Å²) in [5.74, 6) is 0.671. The summed E-state index contributed by atoms with van der Waals surface area (Å²) < 4.78 is 10.6. The van der Waals surface area contributed by atoms with Crippen LogP contribution in [0, 0.1) is 0 Å². The average molecular weight is 321 g/mol. The molecular weight excluding hydrogens is 294 g/mol. The van der Waals surface area contributed by atoms with Crippen LogP contribution in [-0.2, 0) is 4.74 Å². The third-order valence-corrected chi connectivity index (χ3v) is 3.72. The van der Waals surface area contributed by atoms with E-state index in [9.17, 15) is 4.79 Å². The number of nitrogens with two attached hydrogens (primary N) is 1. The van der Waals surface area contributed by atoms with Crippen molar-refractivity contribution in [2.24, 2.45) is 0 Å². The minimum Gasteiger partial charge on any atom is -0.495 e. The van der Waals surface area contributed by atoms with Gasteiger partial charge in [-0.05, 0) is 45.7 Å². The Morgan fingerprint density at radius 1 is 1.39 bits per heavy atom. The Bertz CT molecular complexity index is 555. The second-order valence-corrected chi connectivity index (χ2v) is 6.86. The van der Waals surface area contributed by atoms with Crippen LogP contribution < -0.4 is 20.7 Å². The minimum atomic E-state index is -0.483. The van der Waals surface area contributed by atoms with Crippen molar-refractivity contribution < 1.29 is 14.3 Å². The first-order valence-electron chi connectivity index (χ1n) is 7.96. The average Bonchev–Trinajstić information content (AvgIpc) is 2.46. The van der Waals surface area contributed by atoms with Crippen LogP contribution >= 0.6 is 0 Å². The molecule has 1 aromatic rings. The Morgan fingerprint density at radius 2 is 2.13 bits per heavy atom. The van der Waals surface area contributed by atoms with Crippen molar-refractivity contribution >= 4 is 17.5 Å². The zero-order valence-corrected chi connectivity index (χ0v) is 14.4. The first-order chi connectivity index (χ1) is 10.8. The number of methoxy groups -OCH3 is 1. The molecule has 128 valence electrons. The number of benzene rings is 1. The lowest BCUT2D eigenvalue weighted by Gasteiger charge is -2.35. The van der Waals surface area contributed by atoms with E-state index in [1.165, 1.54) is 0 Å². The molecule has 1 saturated heterocycles. The molecule has 1 amide bonds. The van der Waals surface area contributed by atoms with Gasteiger partial charge in [-0.25, -0.2) is 4.79 Å². The summed E-state index contributed by atoms with van der Waals surface area (Å²) in [6.07, 6.45) is 1.59. The number of nitrogens with zero attached hydrogens (tertiary/aromatic N) is 1. The Morgan fingerprint density at radius 3 is 2.78 bits per heavy atom. The second-order valence-electron chi connectivity index (χ2n) is 6.86. The maximum atomic E-state index is 11.9. The predicted molar refractivity (Wildman–Crippen MR) is 92.0 cm³/mol. The third kappa shape index (κ3) is 4.94. The first-order valence-corrected chi connectivity index (χ1v) is 7.96. The summed E-state index contributed by atoms with van der Waals surface area (Å²) in [5, 5.41) is 2.96. The van der Waals surface area contributed by atoms with Crippen LogP contribution in [0.25, 0.3) is 0 Å². The van der Waals surface area contributed by atoms with Crippen LogP contribution in [0.4, 0.5) is 16.2 Å². The molecule has 6 heteroatoms. The first kappa shape index (κ1) is 17.2. The molecule has 1 heterocycles. The number of carbonyl (C=O) groups is 1. The third-order valence-electron chi connectivity index (χ3n) is 3.72. The number of amides is 1. The molecule has 0 unspecified atom stereocenters. The largest absolute Gasteiger partial charge is 0.495 e. The van der Waals surface area contributed by atoms with Gasteiger partial charge in [-0.2, -0.15) is 0 Å². The Hall–Kier alpha value is -2.11. The highest BCUT2D eigenvalue weighted by Gasteiger charge is 2.24. The lowest BCUT2D eigenvalue weighted by Crippen LogP contribution is -2.49. The number of hydrogen-bond acceptors (Lipinski definition) is 5. The van der Waals surface area contributed by atoms with Crippen LogP contribution in [0.5, 0.6) is 5.75 Å². The van der Waals surface area contributed by atoms with Gasteiger partial charge in [0.15, 0.2) is 0 Å². The number of piperidine rings is 1. The summed E-state index contributed by atoms with van der Waals surface area (Å²) in [6, 6.07) is 5.83. The van der Waals surface area contributed by atoms with Gasteiger partial charge in [-0.1, -0.05) is 0 Å². The molecule has 0 saturated carbocycles. The predicted octanol–water partition coefficient (Wildman–Crippen LogP) is 2.77. The maximum absolute atomic E-state index is 11.9. The molecule has 23 heavy (non-hydrogen) atoms. The van der Waals surface area contributed by atoms with Crippen molar-refractivity contribution in [3.63, 3.8) is 0 Å². The number of anilines is 2. The van der Waals surface area contributed by atoms with Crippen LogP contribution in [0.1, 0.15) is 33.6 Å². The number of ether oxygens (including phenoxy) is 2. The summed E-state index contributed by atoms with van der Waals surface area (Å²) in [7, 11) is 1.61. The van der Waals surface area contributed by atoms with Crippen LogP contribution in [-0.4, -0.2) is 37.9 Å². The summed E-state index contributed by atoms with van der Waals surface area (Å²) in [6.45, 7) is 7.27. The van der Waals surface area contributed by atoms with Crippen molar-refractivity contribution in [3.05, 3.63) is 18.2 Å². The minimum absolute atomic E-state index is 0.0714. The van der Waals surface area contributed by atoms with Gasteiger partial charge in [0, 0.05) is 30.9 Å². The van der Waals surface area contributed by atoms with Gasteiger partial charge in [0.2, 0.25) is 0 Å². The van der Waals surface area contributed by atoms with Crippen molar-refractivity contribution in [3.8, 4) is 5.75 Å². The summed E-state index contributed by atoms with van der Waals surface area (Å²) >= 11 is 0. The molecule has 0 bridgehead atoms. The molecule has 1 fully saturated rings. The van der Waals surface area contributed by atoms with Gasteiger partial charge in [0.25, 0.3) is 0 Å². The van der Waals surface area contributed by atoms with Gasteiger partial charge in [0.1, 0.15) is 11.4 Å². The monoisotopic (exact) mass is 321 g/mol. The number of carbonyl (C=O) groups excluding carboxylic acids is 1. The quantitative estimate of drug-likeness (QED) is 0.837. The van der Waals surface area contributed by atoms with E-state index in [2.05, 4.69) is 10.2 Å². The lowest BCUT2D eigenvalue weighted by molar-refractivity contribution is 0.0500. The van der Waals surface area contributed by atoms with Crippen molar-refractivity contribution in [2.45, 2.75) is 45.3 Å². The fourth-order valence-electron chi connectivity index (χ4n) is 2.70. The Balaban J connectivity index is 1.99. The fraction of sp³-hybridized carbons (Fsp3) is 0.588. The standard InChI is InChI=1S/C17H27N3O3/c1-17(2,3)23-16(21)19-12-6-5-9-20(11-12)13-7-8-14(18)15(10-13)22-4/h7-8,10,12H,5-6,9,11,18H2,1-4H3,(H,19,21)/t12-/m1/s1. The zero-order valence-electron chi connectivity index (χ0n) is 14.4. The Labute approximate surface area is 137 Å². The van der Waals surface area contributed by atoms with Gasteiger partial charge in [0.05, 0.1) is 12.8 Å². The van der Waals surface area contributed by atoms with Gasteiger partial charge in [-0.3, -0.25) is 0 Å². The lowest BCUT2D eigenvalue weighted by atomic mass is 10.0. The molecule has 1 aliphatic heterocycles. The van der Waals surface area contributed by atoms with Crippen LogP contribution in [0.3, 0.4) is 0 Å². The molecule has 0 spiro atoms. The van der Waals surface area contributed by atoms with Gasteiger partial charge >= 0.3 is 6.09 Å². The molecule has 1 aliphatic rings. The van der Waals surface area contributed by atoms with Crippen molar-refractivity contribution in [2.75, 3.05) is 30.8 Å². The normalized spacial score (nSPS) is 18.4. The van der Waals surface area contributed by atoms with E-state index >= 15 is 0 Å². The Kier molecular flexibility index (Phi) is 5.23. The van der Waals surface area contributed by atoms with E-state index in [-0.39, 0.29) is 12.1 Å². The highest BCUT2D eigenvalue weighted by atomic mass is 16.6. The molecule has 3 N–H and O–H groups in total. The number of alkyl carbamates (subject to hydrolysis) is 1. The topological polar surface area (TPSA) is 76.8 Å². The molecule has 2 rings (SSSR count). The second kappa shape index (κ2) is 6.98. The highest BCUT2D eigenvalue weighted by molar-refractivity contribution is 5.68. The van der Waals surface area contributed by atoms with E-state index in [0.29, 0.717) is 11.4 Å². The molecule has 0 radical (unpaired) electrons. The van der Waals surface area contributed by atoms with Crippen molar-refractivity contribution in [1.29, 1.82) is 0 Å². The molecule has 1 atom stereocenters. The van der Waals surface area contributed by atoms with Gasteiger partial charge in [-0.15, -0.1) is 0 Å². The van der Waals surface area contributed by atoms with E-state index < -0.39 is 5.60 Å². The van der Waals surface area contributed by atoms with Crippen molar-refractivity contribution in [1.82, 2.24) is 5.32 Å². The summed E-state index contributed by atoms with van der Waals surface area (Å²) in [4.78, 5) is 14.2. The van der Waals surface area contributed by atoms with E-state index in [4.69, 9.17) is 15.2 Å². The molecule has 0 aromatic heterocycles. The van der Waals surface area contributed by atoms with Gasteiger partial charge < -0.3 is 25.4 Å².